The van der Waals surface area contributed by atoms with Gasteiger partial charge in [0.25, 0.3) is 5.91 Å². The molecule has 6 heteroatoms. The molecule has 0 spiro atoms. The fourth-order valence-electron chi connectivity index (χ4n) is 2.42. The Bertz CT molecular complexity index is 474. The second kappa shape index (κ2) is 6.67. The van der Waals surface area contributed by atoms with Crippen LogP contribution in [0.4, 0.5) is 10.1 Å². The normalized spacial score (nSPS) is 16.1. The van der Waals surface area contributed by atoms with E-state index in [-0.39, 0.29) is 5.56 Å². The lowest BCUT2D eigenvalue weighted by molar-refractivity contribution is 0.0997. The van der Waals surface area contributed by atoms with E-state index in [1.165, 1.54) is 6.07 Å². The molecule has 110 valence electrons. The maximum Gasteiger partial charge on any atom is 0.253 e. The van der Waals surface area contributed by atoms with Gasteiger partial charge in [-0.3, -0.25) is 9.69 Å². The third-order valence-electron chi connectivity index (χ3n) is 3.61. The van der Waals surface area contributed by atoms with E-state index >= 15 is 0 Å². The molecule has 1 fully saturated rings. The highest BCUT2D eigenvalue weighted by atomic mass is 19.1. The quantitative estimate of drug-likeness (QED) is 0.812. The summed E-state index contributed by atoms with van der Waals surface area (Å²) >= 11 is 0. The molecule has 1 aliphatic heterocycles. The summed E-state index contributed by atoms with van der Waals surface area (Å²) in [6.45, 7) is 5.63. The standard InChI is InChI=1S/C14H21FN4O/c1-18(9-10-19-7-5-17-6-8-19)12-4-2-3-11(15)13(12)14(16)20/h2-4,17H,5-10H2,1H3,(H2,16,20). The molecule has 0 atom stereocenters. The number of piperazine rings is 1. The number of hydrogen-bond donors (Lipinski definition) is 2. The summed E-state index contributed by atoms with van der Waals surface area (Å²) in [6.07, 6.45) is 0. The van der Waals surface area contributed by atoms with Gasteiger partial charge in [-0.05, 0) is 12.1 Å². The van der Waals surface area contributed by atoms with Crippen molar-refractivity contribution in [3.8, 4) is 0 Å². The summed E-state index contributed by atoms with van der Waals surface area (Å²) in [5.74, 6) is -1.30. The number of amides is 1. The Balaban J connectivity index is 2.03. The van der Waals surface area contributed by atoms with Crippen molar-refractivity contribution in [2.75, 3.05) is 51.2 Å². The maximum atomic E-state index is 13.7. The van der Waals surface area contributed by atoms with Crippen LogP contribution >= 0.6 is 0 Å². The minimum absolute atomic E-state index is 0.0321. The van der Waals surface area contributed by atoms with Crippen molar-refractivity contribution in [1.29, 1.82) is 0 Å². The van der Waals surface area contributed by atoms with Crippen molar-refractivity contribution in [2.45, 2.75) is 0 Å². The third-order valence-corrected chi connectivity index (χ3v) is 3.61. The predicted octanol–water partition coefficient (Wildman–Crippen LogP) is 0.266. The fourth-order valence-corrected chi connectivity index (χ4v) is 2.42. The monoisotopic (exact) mass is 280 g/mol. The fraction of sp³-hybridized carbons (Fsp3) is 0.500. The summed E-state index contributed by atoms with van der Waals surface area (Å²) < 4.78 is 13.7. The first-order valence-electron chi connectivity index (χ1n) is 6.82. The number of carbonyl (C=O) groups is 1. The molecule has 0 bridgehead atoms. The van der Waals surface area contributed by atoms with Gasteiger partial charge in [0.2, 0.25) is 0 Å². The summed E-state index contributed by atoms with van der Waals surface area (Å²) in [5.41, 5.74) is 5.78. The number of nitrogens with one attached hydrogen (secondary N) is 1. The van der Waals surface area contributed by atoms with Crippen LogP contribution < -0.4 is 16.0 Å². The van der Waals surface area contributed by atoms with Gasteiger partial charge in [-0.25, -0.2) is 4.39 Å². The summed E-state index contributed by atoms with van der Waals surface area (Å²) in [6, 6.07) is 4.58. The Hall–Kier alpha value is -1.66. The lowest BCUT2D eigenvalue weighted by Gasteiger charge is -2.30. The lowest BCUT2D eigenvalue weighted by Crippen LogP contribution is -2.46. The van der Waals surface area contributed by atoms with Gasteiger partial charge < -0.3 is 16.0 Å². The van der Waals surface area contributed by atoms with Crippen LogP contribution in [0.3, 0.4) is 0 Å². The zero-order valence-corrected chi connectivity index (χ0v) is 11.7. The van der Waals surface area contributed by atoms with Crippen LogP contribution in [0, 0.1) is 5.82 Å². The molecule has 2 rings (SSSR count). The van der Waals surface area contributed by atoms with E-state index in [1.54, 1.807) is 12.1 Å². The number of nitrogens with two attached hydrogens (primary N) is 1. The average Bonchev–Trinajstić information content (AvgIpc) is 2.45. The van der Waals surface area contributed by atoms with E-state index in [4.69, 9.17) is 5.73 Å². The molecule has 0 saturated carbocycles. The number of likely N-dealkylation sites (N-methyl/N-ethyl adjacent to an activating group) is 1. The van der Waals surface area contributed by atoms with Crippen molar-refractivity contribution >= 4 is 11.6 Å². The number of primary amides is 1. The molecule has 1 saturated heterocycles. The molecular weight excluding hydrogens is 259 g/mol. The van der Waals surface area contributed by atoms with Gasteiger partial charge in [-0.15, -0.1) is 0 Å². The molecule has 20 heavy (non-hydrogen) atoms. The molecule has 1 aliphatic rings. The topological polar surface area (TPSA) is 61.6 Å². The van der Waals surface area contributed by atoms with Gasteiger partial charge in [0.05, 0.1) is 11.3 Å². The molecule has 0 unspecified atom stereocenters. The van der Waals surface area contributed by atoms with E-state index < -0.39 is 11.7 Å². The minimum atomic E-state index is -0.730. The van der Waals surface area contributed by atoms with Crippen LogP contribution in [0.5, 0.6) is 0 Å². The largest absolute Gasteiger partial charge is 0.373 e. The number of hydrogen-bond acceptors (Lipinski definition) is 4. The van der Waals surface area contributed by atoms with E-state index in [2.05, 4.69) is 10.2 Å². The number of rotatable bonds is 5. The Morgan fingerprint density at radius 1 is 1.45 bits per heavy atom. The second-order valence-electron chi connectivity index (χ2n) is 5.01. The number of anilines is 1. The van der Waals surface area contributed by atoms with Gasteiger partial charge in [-0.1, -0.05) is 6.07 Å². The smallest absolute Gasteiger partial charge is 0.253 e. The first-order chi connectivity index (χ1) is 9.59. The molecule has 0 aliphatic carbocycles. The van der Waals surface area contributed by atoms with Crippen LogP contribution in [0.2, 0.25) is 0 Å². The highest BCUT2D eigenvalue weighted by molar-refractivity contribution is 5.98. The molecule has 1 heterocycles. The zero-order chi connectivity index (χ0) is 14.5. The Kier molecular flexibility index (Phi) is 4.92. The van der Waals surface area contributed by atoms with Crippen LogP contribution in [0.25, 0.3) is 0 Å². The van der Waals surface area contributed by atoms with Crippen molar-refractivity contribution in [1.82, 2.24) is 10.2 Å². The zero-order valence-electron chi connectivity index (χ0n) is 11.7. The van der Waals surface area contributed by atoms with Crippen LogP contribution in [0.15, 0.2) is 18.2 Å². The molecular formula is C14H21FN4O. The molecule has 5 nitrogen and oxygen atoms in total. The van der Waals surface area contributed by atoms with Crippen molar-refractivity contribution in [2.24, 2.45) is 5.73 Å². The number of carbonyl (C=O) groups excluding carboxylic acids is 1. The van der Waals surface area contributed by atoms with Crippen molar-refractivity contribution in [3.05, 3.63) is 29.6 Å². The van der Waals surface area contributed by atoms with E-state index in [9.17, 15) is 9.18 Å². The maximum absolute atomic E-state index is 13.7. The molecule has 0 radical (unpaired) electrons. The van der Waals surface area contributed by atoms with E-state index in [1.807, 2.05) is 11.9 Å². The Labute approximate surface area is 118 Å². The minimum Gasteiger partial charge on any atom is -0.373 e. The Morgan fingerprint density at radius 2 is 2.15 bits per heavy atom. The first kappa shape index (κ1) is 14.7. The van der Waals surface area contributed by atoms with E-state index in [0.717, 1.165) is 39.3 Å². The highest BCUT2D eigenvalue weighted by Gasteiger charge is 2.17. The molecule has 1 aromatic carbocycles. The molecule has 3 N–H and O–H groups in total. The molecule has 1 amide bonds. The van der Waals surface area contributed by atoms with Gasteiger partial charge >= 0.3 is 0 Å². The van der Waals surface area contributed by atoms with Gasteiger partial charge in [0.15, 0.2) is 0 Å². The first-order valence-corrected chi connectivity index (χ1v) is 6.82. The van der Waals surface area contributed by atoms with Crippen molar-refractivity contribution < 1.29 is 9.18 Å². The lowest BCUT2D eigenvalue weighted by atomic mass is 10.1. The average molecular weight is 280 g/mol. The van der Waals surface area contributed by atoms with E-state index in [0.29, 0.717) is 5.69 Å². The highest BCUT2D eigenvalue weighted by Crippen LogP contribution is 2.21. The van der Waals surface area contributed by atoms with Gasteiger partial charge in [0.1, 0.15) is 5.82 Å². The van der Waals surface area contributed by atoms with Gasteiger partial charge in [-0.2, -0.15) is 0 Å². The second-order valence-corrected chi connectivity index (χ2v) is 5.01. The third kappa shape index (κ3) is 3.46. The predicted molar refractivity (Wildman–Crippen MR) is 77.5 cm³/mol. The number of nitrogens with zero attached hydrogens (tertiary/aromatic N) is 2. The molecule has 1 aromatic rings. The summed E-state index contributed by atoms with van der Waals surface area (Å²) in [5, 5.41) is 3.30. The van der Waals surface area contributed by atoms with Crippen LogP contribution in [0.1, 0.15) is 10.4 Å². The van der Waals surface area contributed by atoms with Gasteiger partial charge in [0, 0.05) is 46.3 Å². The number of halogens is 1. The van der Waals surface area contributed by atoms with Crippen LogP contribution in [-0.4, -0.2) is 57.1 Å². The Morgan fingerprint density at radius 3 is 2.80 bits per heavy atom. The number of benzene rings is 1. The molecule has 0 aromatic heterocycles. The summed E-state index contributed by atoms with van der Waals surface area (Å²) in [7, 11) is 1.85. The van der Waals surface area contributed by atoms with Crippen molar-refractivity contribution in [3.63, 3.8) is 0 Å². The van der Waals surface area contributed by atoms with Crippen LogP contribution in [-0.2, 0) is 0 Å². The summed E-state index contributed by atoms with van der Waals surface area (Å²) in [4.78, 5) is 15.6. The SMILES string of the molecule is CN(CCN1CCNCC1)c1cccc(F)c1C(N)=O.